The third-order valence-corrected chi connectivity index (χ3v) is 5.79. The van der Waals surface area contributed by atoms with Crippen LogP contribution in [0.5, 0.6) is 5.75 Å². The molecule has 2 heterocycles. The first-order chi connectivity index (χ1) is 14.2. The van der Waals surface area contributed by atoms with E-state index in [1.165, 1.54) is 11.3 Å². The lowest BCUT2D eigenvalue weighted by molar-refractivity contribution is -0.137. The number of carboxylic acids is 1. The van der Waals surface area contributed by atoms with E-state index >= 15 is 0 Å². The van der Waals surface area contributed by atoms with Crippen LogP contribution >= 0.6 is 0 Å². The number of aliphatic carboxylic acids is 1. The third-order valence-electron chi connectivity index (χ3n) is 5.79. The maximum Gasteiger partial charge on any atom is 0.323 e. The lowest BCUT2D eigenvalue weighted by Crippen LogP contribution is -2.31. The minimum absolute atomic E-state index is 0.00703. The predicted molar refractivity (Wildman–Crippen MR) is 110 cm³/mol. The maximum absolute atomic E-state index is 11.4. The summed E-state index contributed by atoms with van der Waals surface area (Å²) in [7, 11) is 1.73. The third kappa shape index (κ3) is 4.53. The number of rotatable bonds is 8. The average Bonchev–Trinajstić information content (AvgIpc) is 3.55. The molecular weight excluding hydrogens is 366 g/mol. The van der Waals surface area contributed by atoms with Crippen LogP contribution < -0.4 is 4.74 Å². The molecule has 0 bridgehead atoms. The molecule has 0 radical (unpaired) electrons. The fourth-order valence-corrected chi connectivity index (χ4v) is 4.26. The molecule has 2 aromatic rings. The average molecular weight is 393 g/mol. The van der Waals surface area contributed by atoms with Crippen molar-refractivity contribution in [3.63, 3.8) is 0 Å². The number of likely N-dealkylation sites (tertiary alicyclic amines) is 1. The van der Waals surface area contributed by atoms with Gasteiger partial charge in [0.05, 0.1) is 19.3 Å². The molecule has 1 aromatic carbocycles. The SMILES string of the molecule is COc1ccccc1C1CCN(C2=C(N(CC(=O)O)Cc3ccccn3)C2)CC1. The van der Waals surface area contributed by atoms with Crippen LogP contribution in [-0.2, 0) is 11.3 Å². The fraction of sp³-hybridized carbons (Fsp3) is 0.391. The van der Waals surface area contributed by atoms with Gasteiger partial charge in [0.25, 0.3) is 0 Å². The first kappa shape index (κ1) is 19.3. The first-order valence-corrected chi connectivity index (χ1v) is 10.1. The van der Waals surface area contributed by atoms with Gasteiger partial charge in [0.15, 0.2) is 0 Å². The number of methoxy groups -OCH3 is 1. The second-order valence-corrected chi connectivity index (χ2v) is 7.64. The number of allylic oxidation sites excluding steroid dienone is 2. The molecule has 6 heteroatoms. The molecule has 1 fully saturated rings. The summed E-state index contributed by atoms with van der Waals surface area (Å²) in [5.74, 6) is 0.670. The van der Waals surface area contributed by atoms with E-state index < -0.39 is 5.97 Å². The van der Waals surface area contributed by atoms with E-state index in [0.717, 1.165) is 49.5 Å². The van der Waals surface area contributed by atoms with Gasteiger partial charge in [-0.2, -0.15) is 0 Å². The fourth-order valence-electron chi connectivity index (χ4n) is 4.26. The molecule has 4 rings (SSSR count). The van der Waals surface area contributed by atoms with Crippen LogP contribution in [0.25, 0.3) is 0 Å². The Morgan fingerprint density at radius 3 is 2.66 bits per heavy atom. The minimum atomic E-state index is -0.811. The van der Waals surface area contributed by atoms with Crippen molar-refractivity contribution in [2.45, 2.75) is 31.7 Å². The van der Waals surface area contributed by atoms with Crippen LogP contribution in [0.15, 0.2) is 60.1 Å². The lowest BCUT2D eigenvalue weighted by Gasteiger charge is -2.33. The van der Waals surface area contributed by atoms with Crippen LogP contribution in [-0.4, -0.2) is 52.6 Å². The van der Waals surface area contributed by atoms with Gasteiger partial charge in [-0.3, -0.25) is 9.78 Å². The molecular formula is C23H27N3O3. The van der Waals surface area contributed by atoms with Crippen molar-refractivity contribution in [2.75, 3.05) is 26.7 Å². The molecule has 152 valence electrons. The van der Waals surface area contributed by atoms with Crippen molar-refractivity contribution in [3.8, 4) is 5.75 Å². The number of hydrogen-bond donors (Lipinski definition) is 1. The van der Waals surface area contributed by atoms with E-state index in [4.69, 9.17) is 4.74 Å². The summed E-state index contributed by atoms with van der Waals surface area (Å²) in [5, 5.41) is 9.34. The molecule has 1 N–H and O–H groups in total. The van der Waals surface area contributed by atoms with E-state index in [0.29, 0.717) is 12.5 Å². The van der Waals surface area contributed by atoms with Crippen molar-refractivity contribution in [2.24, 2.45) is 0 Å². The number of para-hydroxylation sites is 1. The molecule has 0 atom stereocenters. The highest BCUT2D eigenvalue weighted by Crippen LogP contribution is 2.41. The molecule has 0 unspecified atom stereocenters. The molecule has 0 amide bonds. The second-order valence-electron chi connectivity index (χ2n) is 7.64. The summed E-state index contributed by atoms with van der Waals surface area (Å²) in [6.45, 7) is 2.52. The van der Waals surface area contributed by atoms with Crippen molar-refractivity contribution in [3.05, 3.63) is 71.3 Å². The van der Waals surface area contributed by atoms with Gasteiger partial charge < -0.3 is 19.6 Å². The zero-order valence-corrected chi connectivity index (χ0v) is 16.8. The standard InChI is InChI=1S/C23H27N3O3/c1-29-22-8-3-2-7-19(22)17-9-12-25(13-10-17)20-14-21(20)26(16-23(27)28)15-18-6-4-5-11-24-18/h2-8,11,17H,9-10,12-16H2,1H3,(H,27,28). The van der Waals surface area contributed by atoms with Crippen LogP contribution in [0.3, 0.4) is 0 Å². The Hall–Kier alpha value is -3.02. The number of ether oxygens (including phenoxy) is 1. The van der Waals surface area contributed by atoms with Gasteiger partial charge in [0.1, 0.15) is 12.3 Å². The van der Waals surface area contributed by atoms with Gasteiger partial charge in [-0.25, -0.2) is 0 Å². The Balaban J connectivity index is 1.41. The van der Waals surface area contributed by atoms with Gasteiger partial charge in [0.2, 0.25) is 0 Å². The van der Waals surface area contributed by atoms with E-state index in [2.05, 4.69) is 22.0 Å². The van der Waals surface area contributed by atoms with Crippen LogP contribution in [0.1, 0.15) is 36.4 Å². The molecule has 2 aliphatic rings. The lowest BCUT2D eigenvalue weighted by atomic mass is 9.89. The first-order valence-electron chi connectivity index (χ1n) is 10.1. The normalized spacial score (nSPS) is 16.7. The van der Waals surface area contributed by atoms with Gasteiger partial charge in [-0.05, 0) is 42.5 Å². The van der Waals surface area contributed by atoms with Crippen LogP contribution in [0.4, 0.5) is 0 Å². The summed E-state index contributed by atoms with van der Waals surface area (Å²) < 4.78 is 5.54. The molecule has 1 aliphatic heterocycles. The van der Waals surface area contributed by atoms with Crippen molar-refractivity contribution in [1.82, 2.24) is 14.8 Å². The number of carboxylic acid groups (broad SMARTS) is 1. The number of pyridine rings is 1. The Morgan fingerprint density at radius 2 is 1.97 bits per heavy atom. The minimum Gasteiger partial charge on any atom is -0.496 e. The monoisotopic (exact) mass is 393 g/mol. The van der Waals surface area contributed by atoms with Gasteiger partial charge in [-0.15, -0.1) is 0 Å². The number of carbonyl (C=O) groups is 1. The molecule has 0 saturated carbocycles. The van der Waals surface area contributed by atoms with E-state index in [1.54, 1.807) is 13.3 Å². The van der Waals surface area contributed by atoms with Crippen molar-refractivity contribution in [1.29, 1.82) is 0 Å². The summed E-state index contributed by atoms with van der Waals surface area (Å²) in [6.07, 6.45) is 4.78. The molecule has 1 aliphatic carbocycles. The molecule has 6 nitrogen and oxygen atoms in total. The second kappa shape index (κ2) is 8.55. The Bertz CT molecular complexity index is 889. The predicted octanol–water partition coefficient (Wildman–Crippen LogP) is 3.47. The Morgan fingerprint density at radius 1 is 1.21 bits per heavy atom. The summed E-state index contributed by atoms with van der Waals surface area (Å²) in [4.78, 5) is 20.1. The number of piperidine rings is 1. The van der Waals surface area contributed by atoms with Crippen LogP contribution in [0.2, 0.25) is 0 Å². The van der Waals surface area contributed by atoms with Crippen LogP contribution in [0, 0.1) is 0 Å². The molecule has 0 spiro atoms. The highest BCUT2D eigenvalue weighted by atomic mass is 16.5. The van der Waals surface area contributed by atoms with Gasteiger partial charge >= 0.3 is 5.97 Å². The Kier molecular flexibility index (Phi) is 5.69. The largest absolute Gasteiger partial charge is 0.496 e. The molecule has 1 saturated heterocycles. The Labute approximate surface area is 171 Å². The molecule has 29 heavy (non-hydrogen) atoms. The maximum atomic E-state index is 11.4. The number of nitrogens with zero attached hydrogens (tertiary/aromatic N) is 3. The summed E-state index contributed by atoms with van der Waals surface area (Å²) in [6, 6.07) is 14.0. The zero-order chi connectivity index (χ0) is 20.2. The number of hydrogen-bond acceptors (Lipinski definition) is 5. The van der Waals surface area contributed by atoms with E-state index in [-0.39, 0.29) is 6.54 Å². The highest BCUT2D eigenvalue weighted by molar-refractivity contribution is 5.69. The number of aromatic nitrogens is 1. The summed E-state index contributed by atoms with van der Waals surface area (Å²) in [5.41, 5.74) is 4.62. The van der Waals surface area contributed by atoms with Gasteiger partial charge in [0, 0.05) is 37.1 Å². The topological polar surface area (TPSA) is 65.9 Å². The van der Waals surface area contributed by atoms with Crippen molar-refractivity contribution < 1.29 is 14.6 Å². The summed E-state index contributed by atoms with van der Waals surface area (Å²) >= 11 is 0. The van der Waals surface area contributed by atoms with E-state index in [9.17, 15) is 9.90 Å². The van der Waals surface area contributed by atoms with Gasteiger partial charge in [-0.1, -0.05) is 24.3 Å². The smallest absolute Gasteiger partial charge is 0.323 e. The highest BCUT2D eigenvalue weighted by Gasteiger charge is 2.35. The number of benzene rings is 1. The molecule has 1 aromatic heterocycles. The quantitative estimate of drug-likeness (QED) is 0.741. The zero-order valence-electron chi connectivity index (χ0n) is 16.8. The van der Waals surface area contributed by atoms with E-state index in [1.807, 2.05) is 35.2 Å². The van der Waals surface area contributed by atoms with Crippen molar-refractivity contribution >= 4 is 5.97 Å².